The van der Waals surface area contributed by atoms with Crippen molar-refractivity contribution in [3.8, 4) is 0 Å². The molecule has 4 aromatic rings. The molecule has 8 aliphatic carbocycles. The summed E-state index contributed by atoms with van der Waals surface area (Å²) in [6.07, 6.45) is 19.7. The van der Waals surface area contributed by atoms with Crippen molar-refractivity contribution in [2.75, 3.05) is 7.05 Å². The van der Waals surface area contributed by atoms with Crippen LogP contribution in [0.15, 0.2) is 84.9 Å². The molecule has 0 spiro atoms. The maximum absolute atomic E-state index is 12.1. The maximum Gasteiger partial charge on any atom is 0.269 e. The Hall–Kier alpha value is -7.04. The number of nitro benzene ring substituents is 2. The first-order valence-corrected chi connectivity index (χ1v) is 31.3. The number of hydrogen-bond acceptors (Lipinski definition) is 10. The third kappa shape index (κ3) is 11.4. The molecule has 17 heteroatoms. The lowest BCUT2D eigenvalue weighted by molar-refractivity contribution is -0.445. The first-order valence-electron chi connectivity index (χ1n) is 31.3. The van der Waals surface area contributed by atoms with Crippen LogP contribution in [0.4, 0.5) is 11.4 Å². The predicted molar refractivity (Wildman–Crippen MR) is 333 cm³/mol. The molecular weight excluding hydrogens is 1090 g/mol. The highest BCUT2D eigenvalue weighted by atomic mass is 16.6. The third-order valence-corrected chi connectivity index (χ3v) is 23.9. The molecule has 4 amide bonds. The number of amides is 4. The van der Waals surface area contributed by atoms with Crippen molar-refractivity contribution in [1.29, 1.82) is 0 Å². The number of rotatable bonds is 6. The van der Waals surface area contributed by atoms with Crippen LogP contribution < -0.4 is 22.9 Å². The van der Waals surface area contributed by atoms with Crippen LogP contribution in [0.5, 0.6) is 0 Å². The average Bonchev–Trinajstić information content (AvgIpc) is 0.814. The van der Waals surface area contributed by atoms with E-state index in [9.17, 15) is 39.4 Å². The van der Waals surface area contributed by atoms with Gasteiger partial charge in [0.05, 0.1) is 9.85 Å². The lowest BCUT2D eigenvalue weighted by Gasteiger charge is -2.54. The summed E-state index contributed by atoms with van der Waals surface area (Å²) in [5.74, 6) is 0.472. The highest BCUT2D eigenvalue weighted by Crippen LogP contribution is 2.61. The number of hydrogen-bond donors (Lipinski definition) is 4. The summed E-state index contributed by atoms with van der Waals surface area (Å²) >= 11 is 0. The fourth-order valence-electron chi connectivity index (χ4n) is 19.2. The highest BCUT2D eigenvalue weighted by molar-refractivity contribution is 5.83. The number of nitrogens with zero attached hydrogens (tertiary/aromatic N) is 3. The average molecular weight is 1180 g/mol. The molecule has 17 nitrogen and oxygen atoms in total. The summed E-state index contributed by atoms with van der Waals surface area (Å²) in [5.41, 5.74) is 31.8. The van der Waals surface area contributed by atoms with Gasteiger partial charge in [-0.1, -0.05) is 142 Å². The first-order chi connectivity index (χ1) is 40.3. The second-order valence-corrected chi connectivity index (χ2v) is 28.5. The Morgan fingerprint density at radius 2 is 0.651 bits per heavy atom. The monoisotopic (exact) mass is 1180 g/mol. The van der Waals surface area contributed by atoms with Gasteiger partial charge in [0, 0.05) is 50.8 Å². The standard InChI is InChI=1S/2C17H22N2O3.2C17H23NO.CH3NO2/c1-16-8-3-9-17(2,15(18)20)14(16)7-4-11-10-12(19(21)22)5-6-13(11)16;1-16-8-3-9-17(2,15(18)20)14(16)7-5-11-4-6-12(19(21)22)10-13(11)16;2*1-16-10-5-11-17(2,15(18)19)14(16)9-8-12-6-3-4-7-13(12)16;1-2(3)4/h5-6,10,14H,3-4,7-9H2,1-2H3,(H2,18,20);4,6,10,14H,3,5,7-9H2,1-2H3,(H2,18,20);2*3-4,6-7,14H,5,8-11H2,1-2H3,(H2,18,19);1H3. The molecule has 4 aromatic carbocycles. The van der Waals surface area contributed by atoms with Crippen LogP contribution in [0.1, 0.15) is 203 Å². The highest BCUT2D eigenvalue weighted by Gasteiger charge is 2.58. The molecule has 0 aliphatic heterocycles. The van der Waals surface area contributed by atoms with E-state index < -0.39 is 15.8 Å². The quantitative estimate of drug-likeness (QED) is 0.104. The second-order valence-electron chi connectivity index (χ2n) is 28.5. The van der Waals surface area contributed by atoms with E-state index in [0.717, 1.165) is 134 Å². The van der Waals surface area contributed by atoms with Gasteiger partial charge in [-0.3, -0.25) is 49.5 Å². The van der Waals surface area contributed by atoms with E-state index in [1.165, 1.54) is 46.2 Å². The fourth-order valence-corrected chi connectivity index (χ4v) is 19.2. The van der Waals surface area contributed by atoms with Gasteiger partial charge < -0.3 is 22.9 Å². The number of non-ortho nitro benzene ring substituents is 2. The predicted octanol–water partition coefficient (Wildman–Crippen LogP) is 12.4. The maximum atomic E-state index is 12.1. The van der Waals surface area contributed by atoms with Crippen molar-refractivity contribution in [2.24, 2.45) is 68.3 Å². The molecule has 4 saturated carbocycles. The zero-order chi connectivity index (χ0) is 63.2. The molecule has 0 aromatic heterocycles. The number of primary amides is 4. The first kappa shape index (κ1) is 64.9. The SMILES string of the molecule is CC1(C(N)=O)CCCC2(C)c3cc([N+](=O)[O-])ccc3CCC12.CC1(C(N)=O)CCCC2(C)c3ccc([N+](=O)[O-])cc3CCC12.CC1(C(N)=O)CCCC2(C)c3ccccc3CCC12.CC1(C(N)=O)CCCC2(C)c3ccccc3CCC12.C[N+](=O)[O-]. The fraction of sp³-hybridized carbons (Fsp3) is 0.594. The molecule has 4 fully saturated rings. The molecule has 0 saturated heterocycles. The van der Waals surface area contributed by atoms with Crippen LogP contribution >= 0.6 is 0 Å². The van der Waals surface area contributed by atoms with Gasteiger partial charge in [0.15, 0.2) is 7.05 Å². The van der Waals surface area contributed by atoms with Crippen molar-refractivity contribution >= 4 is 35.0 Å². The van der Waals surface area contributed by atoms with Crippen LogP contribution in [0, 0.1) is 75.7 Å². The van der Waals surface area contributed by atoms with Crippen molar-refractivity contribution in [3.05, 3.63) is 160 Å². The molecule has 464 valence electrons. The van der Waals surface area contributed by atoms with Crippen molar-refractivity contribution < 1.29 is 33.9 Å². The zero-order valence-corrected chi connectivity index (χ0v) is 52.3. The van der Waals surface area contributed by atoms with Gasteiger partial charge in [-0.2, -0.15) is 0 Å². The summed E-state index contributed by atoms with van der Waals surface area (Å²) in [6.45, 7) is 17.2. The van der Waals surface area contributed by atoms with Gasteiger partial charge in [-0.05, 0) is 193 Å². The van der Waals surface area contributed by atoms with Crippen LogP contribution in [-0.2, 0) is 66.5 Å². The van der Waals surface area contributed by atoms with E-state index in [4.69, 9.17) is 33.0 Å². The molecule has 12 atom stereocenters. The van der Waals surface area contributed by atoms with Gasteiger partial charge >= 0.3 is 0 Å². The summed E-state index contributed by atoms with van der Waals surface area (Å²) in [5, 5.41) is 30.9. The van der Waals surface area contributed by atoms with E-state index in [-0.39, 0.29) is 89.2 Å². The van der Waals surface area contributed by atoms with E-state index in [1.807, 2.05) is 26.0 Å². The number of carbonyl (C=O) groups excluding carboxylic acids is 4. The minimum Gasteiger partial charge on any atom is -0.369 e. The molecule has 86 heavy (non-hydrogen) atoms. The molecule has 8 N–H and O–H groups in total. The molecular formula is C69H93N7O10. The molecule has 12 unspecified atom stereocenters. The van der Waals surface area contributed by atoms with Crippen LogP contribution in [0.3, 0.4) is 0 Å². The number of fused-ring (bicyclic) bond motifs is 12. The minimum absolute atomic E-state index is 0.109. The Morgan fingerprint density at radius 3 is 0.977 bits per heavy atom. The molecule has 0 bridgehead atoms. The van der Waals surface area contributed by atoms with E-state index in [0.29, 0.717) is 11.8 Å². The van der Waals surface area contributed by atoms with E-state index >= 15 is 0 Å². The normalized spacial score (nSPS) is 34.0. The number of aryl methyl sites for hydroxylation is 4. The van der Waals surface area contributed by atoms with Crippen molar-refractivity contribution in [2.45, 2.75) is 205 Å². The summed E-state index contributed by atoms with van der Waals surface area (Å²) < 4.78 is 0. The Labute approximate surface area is 507 Å². The Kier molecular flexibility index (Phi) is 18.3. The Balaban J connectivity index is 0.000000146. The Bertz CT molecular complexity index is 3210. The summed E-state index contributed by atoms with van der Waals surface area (Å²) in [4.78, 5) is 77.9. The lowest BCUT2D eigenvalue weighted by atomic mass is 9.49. The minimum atomic E-state index is -0.519. The smallest absolute Gasteiger partial charge is 0.269 e. The third-order valence-electron chi connectivity index (χ3n) is 23.9. The largest absolute Gasteiger partial charge is 0.369 e. The van der Waals surface area contributed by atoms with Crippen LogP contribution in [0.2, 0.25) is 0 Å². The van der Waals surface area contributed by atoms with Gasteiger partial charge in [-0.25, -0.2) is 0 Å². The zero-order valence-electron chi connectivity index (χ0n) is 52.3. The molecule has 12 rings (SSSR count). The molecule has 0 heterocycles. The number of nitrogens with two attached hydrogens (primary N) is 4. The summed E-state index contributed by atoms with van der Waals surface area (Å²) in [7, 11) is 0.889. The van der Waals surface area contributed by atoms with Crippen molar-refractivity contribution in [1.82, 2.24) is 0 Å². The number of nitro groups is 3. The van der Waals surface area contributed by atoms with Gasteiger partial charge in [0.25, 0.3) is 11.4 Å². The second kappa shape index (κ2) is 24.3. The lowest BCUT2D eigenvalue weighted by Crippen LogP contribution is -2.54. The van der Waals surface area contributed by atoms with Gasteiger partial charge in [-0.15, -0.1) is 0 Å². The topological polar surface area (TPSA) is 302 Å². The van der Waals surface area contributed by atoms with Gasteiger partial charge in [0.1, 0.15) is 0 Å². The van der Waals surface area contributed by atoms with Gasteiger partial charge in [0.2, 0.25) is 23.6 Å². The molecule has 0 radical (unpaired) electrons. The van der Waals surface area contributed by atoms with Crippen LogP contribution in [0.25, 0.3) is 0 Å². The summed E-state index contributed by atoms with van der Waals surface area (Å²) in [6, 6.07) is 27.9. The number of benzene rings is 4. The van der Waals surface area contributed by atoms with E-state index in [1.54, 1.807) is 24.3 Å². The number of carbonyl (C=O) groups is 4. The Morgan fingerprint density at radius 1 is 0.384 bits per heavy atom. The van der Waals surface area contributed by atoms with E-state index in [2.05, 4.69) is 90.1 Å². The molecule has 8 aliphatic rings. The van der Waals surface area contributed by atoms with Crippen LogP contribution in [-0.4, -0.2) is 45.4 Å². The van der Waals surface area contributed by atoms with Crippen molar-refractivity contribution in [3.63, 3.8) is 0 Å².